The molecular formula is C19H20O3. The third-order valence-electron chi connectivity index (χ3n) is 4.38. The fourth-order valence-electron chi connectivity index (χ4n) is 3.29. The van der Waals surface area contributed by atoms with E-state index < -0.39 is 0 Å². The molecule has 0 amide bonds. The first-order valence-electron chi connectivity index (χ1n) is 7.87. The Balaban J connectivity index is 2.03. The van der Waals surface area contributed by atoms with Crippen LogP contribution in [0, 0.1) is 5.92 Å². The molecule has 114 valence electrons. The van der Waals surface area contributed by atoms with Crippen molar-refractivity contribution in [3.05, 3.63) is 42.0 Å². The Labute approximate surface area is 130 Å². The van der Waals surface area contributed by atoms with Crippen LogP contribution in [-0.4, -0.2) is 11.8 Å². The maximum absolute atomic E-state index is 12.2. The fraction of sp³-hybridized carbons (Fsp3) is 0.368. The Bertz CT molecular complexity index is 718. The van der Waals surface area contributed by atoms with Gasteiger partial charge in [-0.3, -0.25) is 9.59 Å². The van der Waals surface area contributed by atoms with Gasteiger partial charge in [0.15, 0.2) is 0 Å². The minimum Gasteiger partial charge on any atom is -0.426 e. The molecule has 1 atom stereocenters. The summed E-state index contributed by atoms with van der Waals surface area (Å²) in [5, 5.41) is 2.18. The molecule has 1 aliphatic rings. The van der Waals surface area contributed by atoms with E-state index in [9.17, 15) is 9.59 Å². The number of carbonyl (C=O) groups excluding carboxylic acids is 2. The Morgan fingerprint density at radius 1 is 1.18 bits per heavy atom. The van der Waals surface area contributed by atoms with Gasteiger partial charge in [-0.2, -0.15) is 0 Å². The summed E-state index contributed by atoms with van der Waals surface area (Å²) in [6.07, 6.45) is 4.37. The summed E-state index contributed by atoms with van der Waals surface area (Å²) in [6.45, 7) is 1.41. The second kappa shape index (κ2) is 6.30. The highest BCUT2D eigenvalue weighted by Crippen LogP contribution is 2.33. The fourth-order valence-corrected chi connectivity index (χ4v) is 3.29. The topological polar surface area (TPSA) is 43.4 Å². The SMILES string of the molecule is CC(=O)Oc1ccc2ccccc2c1CC1CCCCC1=O. The van der Waals surface area contributed by atoms with Crippen LogP contribution in [0.2, 0.25) is 0 Å². The lowest BCUT2D eigenvalue weighted by Gasteiger charge is -2.22. The second-order valence-corrected chi connectivity index (χ2v) is 5.97. The van der Waals surface area contributed by atoms with Gasteiger partial charge < -0.3 is 4.74 Å². The lowest BCUT2D eigenvalue weighted by atomic mass is 9.82. The molecule has 1 unspecified atom stereocenters. The average molecular weight is 296 g/mol. The van der Waals surface area contributed by atoms with Gasteiger partial charge in [0.2, 0.25) is 0 Å². The van der Waals surface area contributed by atoms with Gasteiger partial charge in [-0.1, -0.05) is 36.8 Å². The van der Waals surface area contributed by atoms with Crippen LogP contribution in [0.5, 0.6) is 5.75 Å². The minimum atomic E-state index is -0.327. The standard InChI is InChI=1S/C19H20O3/c1-13(20)22-19-11-10-14-6-2-4-8-16(14)17(19)12-15-7-3-5-9-18(15)21/h2,4,6,8,10-11,15H,3,5,7,9,12H2,1H3. The Morgan fingerprint density at radius 2 is 2.00 bits per heavy atom. The predicted molar refractivity (Wildman–Crippen MR) is 85.9 cm³/mol. The molecule has 0 spiro atoms. The van der Waals surface area contributed by atoms with Crippen molar-refractivity contribution in [3.8, 4) is 5.75 Å². The van der Waals surface area contributed by atoms with Crippen LogP contribution in [0.4, 0.5) is 0 Å². The molecule has 0 aromatic heterocycles. The Hall–Kier alpha value is -2.16. The van der Waals surface area contributed by atoms with Gasteiger partial charge in [0, 0.05) is 24.8 Å². The highest BCUT2D eigenvalue weighted by molar-refractivity contribution is 5.90. The van der Waals surface area contributed by atoms with Crippen molar-refractivity contribution in [1.29, 1.82) is 0 Å². The zero-order valence-corrected chi connectivity index (χ0v) is 12.8. The van der Waals surface area contributed by atoms with E-state index in [-0.39, 0.29) is 11.9 Å². The molecule has 0 bridgehead atoms. The number of Topliss-reactive ketones (excluding diaryl/α,β-unsaturated/α-hetero) is 1. The predicted octanol–water partition coefficient (Wildman–Crippen LogP) is 4.07. The van der Waals surface area contributed by atoms with Crippen LogP contribution < -0.4 is 4.74 Å². The quantitative estimate of drug-likeness (QED) is 0.633. The number of esters is 1. The van der Waals surface area contributed by atoms with Crippen molar-refractivity contribution in [1.82, 2.24) is 0 Å². The van der Waals surface area contributed by atoms with Gasteiger partial charge in [0.1, 0.15) is 11.5 Å². The van der Waals surface area contributed by atoms with Crippen molar-refractivity contribution in [2.45, 2.75) is 39.0 Å². The van der Waals surface area contributed by atoms with Crippen LogP contribution in [0.3, 0.4) is 0 Å². The molecule has 2 aromatic carbocycles. The van der Waals surface area contributed by atoms with Crippen LogP contribution in [0.25, 0.3) is 10.8 Å². The second-order valence-electron chi connectivity index (χ2n) is 5.97. The molecule has 0 saturated heterocycles. The van der Waals surface area contributed by atoms with E-state index in [2.05, 4.69) is 0 Å². The number of hydrogen-bond acceptors (Lipinski definition) is 3. The molecule has 0 heterocycles. The highest BCUT2D eigenvalue weighted by atomic mass is 16.5. The van der Waals surface area contributed by atoms with Crippen molar-refractivity contribution in [2.24, 2.45) is 5.92 Å². The third-order valence-corrected chi connectivity index (χ3v) is 4.38. The molecule has 3 heteroatoms. The summed E-state index contributed by atoms with van der Waals surface area (Å²) in [5.41, 5.74) is 0.980. The first kappa shape index (κ1) is 14.8. The summed E-state index contributed by atoms with van der Waals surface area (Å²) in [4.78, 5) is 23.5. The lowest BCUT2D eigenvalue weighted by Crippen LogP contribution is -2.21. The van der Waals surface area contributed by atoms with Crippen molar-refractivity contribution in [3.63, 3.8) is 0 Å². The number of fused-ring (bicyclic) bond motifs is 1. The van der Waals surface area contributed by atoms with E-state index in [0.29, 0.717) is 24.4 Å². The van der Waals surface area contributed by atoms with Crippen LogP contribution in [0.1, 0.15) is 38.2 Å². The molecule has 2 aromatic rings. The summed E-state index contributed by atoms with van der Waals surface area (Å²) in [5.74, 6) is 0.651. The molecule has 0 N–H and O–H groups in total. The average Bonchev–Trinajstić information content (AvgIpc) is 2.51. The van der Waals surface area contributed by atoms with Crippen molar-refractivity contribution >= 4 is 22.5 Å². The third kappa shape index (κ3) is 3.03. The van der Waals surface area contributed by atoms with Gasteiger partial charge in [0.05, 0.1) is 0 Å². The van der Waals surface area contributed by atoms with Crippen LogP contribution in [-0.2, 0) is 16.0 Å². The van der Waals surface area contributed by atoms with E-state index in [1.165, 1.54) is 6.92 Å². The van der Waals surface area contributed by atoms with Crippen molar-refractivity contribution < 1.29 is 14.3 Å². The molecule has 1 aliphatic carbocycles. The molecule has 22 heavy (non-hydrogen) atoms. The van der Waals surface area contributed by atoms with E-state index in [1.54, 1.807) is 0 Å². The molecular weight excluding hydrogens is 276 g/mol. The monoisotopic (exact) mass is 296 g/mol. The minimum absolute atomic E-state index is 0.0499. The molecule has 3 nitrogen and oxygen atoms in total. The molecule has 1 saturated carbocycles. The first-order valence-corrected chi connectivity index (χ1v) is 7.87. The number of carbonyl (C=O) groups is 2. The summed E-state index contributed by atoms with van der Waals surface area (Å²) >= 11 is 0. The first-order chi connectivity index (χ1) is 10.6. The van der Waals surface area contributed by atoms with Crippen LogP contribution in [0.15, 0.2) is 36.4 Å². The van der Waals surface area contributed by atoms with E-state index in [1.807, 2.05) is 36.4 Å². The summed E-state index contributed by atoms with van der Waals surface area (Å²) in [6, 6.07) is 11.8. The van der Waals surface area contributed by atoms with Gasteiger partial charge in [-0.05, 0) is 36.1 Å². The maximum Gasteiger partial charge on any atom is 0.308 e. The smallest absolute Gasteiger partial charge is 0.308 e. The van der Waals surface area contributed by atoms with Crippen molar-refractivity contribution in [2.75, 3.05) is 0 Å². The van der Waals surface area contributed by atoms with Gasteiger partial charge in [-0.15, -0.1) is 0 Å². The van der Waals surface area contributed by atoms with E-state index in [0.717, 1.165) is 35.6 Å². The maximum atomic E-state index is 12.2. The number of ether oxygens (including phenoxy) is 1. The number of benzene rings is 2. The Morgan fingerprint density at radius 3 is 2.77 bits per heavy atom. The molecule has 0 radical (unpaired) electrons. The number of hydrogen-bond donors (Lipinski definition) is 0. The van der Waals surface area contributed by atoms with E-state index >= 15 is 0 Å². The molecule has 3 rings (SSSR count). The summed E-state index contributed by atoms with van der Waals surface area (Å²) < 4.78 is 5.38. The van der Waals surface area contributed by atoms with Gasteiger partial charge >= 0.3 is 5.97 Å². The zero-order valence-electron chi connectivity index (χ0n) is 12.8. The summed E-state index contributed by atoms with van der Waals surface area (Å²) in [7, 11) is 0. The number of ketones is 1. The van der Waals surface area contributed by atoms with E-state index in [4.69, 9.17) is 4.74 Å². The lowest BCUT2D eigenvalue weighted by molar-refractivity contribution is -0.131. The van der Waals surface area contributed by atoms with Gasteiger partial charge in [-0.25, -0.2) is 0 Å². The molecule has 0 aliphatic heterocycles. The molecule has 1 fully saturated rings. The van der Waals surface area contributed by atoms with Crippen LogP contribution >= 0.6 is 0 Å². The Kier molecular flexibility index (Phi) is 4.23. The van der Waals surface area contributed by atoms with Gasteiger partial charge in [0.25, 0.3) is 0 Å². The largest absolute Gasteiger partial charge is 0.426 e. The highest BCUT2D eigenvalue weighted by Gasteiger charge is 2.24. The zero-order chi connectivity index (χ0) is 15.5. The number of rotatable bonds is 3. The normalized spacial score (nSPS) is 18.4.